The van der Waals surface area contributed by atoms with Crippen LogP contribution in [0.2, 0.25) is 0 Å². The zero-order chi connectivity index (χ0) is 13.7. The van der Waals surface area contributed by atoms with Gasteiger partial charge in [0.05, 0.1) is 0 Å². The molecule has 0 radical (unpaired) electrons. The second-order valence-corrected chi connectivity index (χ2v) is 6.71. The van der Waals surface area contributed by atoms with Gasteiger partial charge in [-0.1, -0.05) is 33.1 Å². The molecule has 1 saturated heterocycles. The molecule has 1 amide bonds. The predicted molar refractivity (Wildman–Crippen MR) is 79.0 cm³/mol. The Labute approximate surface area is 118 Å². The molecule has 0 aromatic heterocycles. The third-order valence-electron chi connectivity index (χ3n) is 4.69. The normalized spacial score (nSPS) is 23.6. The highest BCUT2D eigenvalue weighted by atomic mass is 16.2. The third-order valence-corrected chi connectivity index (χ3v) is 4.69. The molecule has 3 nitrogen and oxygen atoms in total. The maximum Gasteiger partial charge on any atom is 0.226 e. The molecular formula is C16H30N2O. The molecule has 0 spiro atoms. The Balaban J connectivity index is 2.00. The van der Waals surface area contributed by atoms with E-state index in [4.69, 9.17) is 0 Å². The van der Waals surface area contributed by atoms with E-state index in [9.17, 15) is 4.79 Å². The fraction of sp³-hybridized carbons (Fsp3) is 0.938. The van der Waals surface area contributed by atoms with Crippen molar-refractivity contribution < 1.29 is 4.79 Å². The Hall–Kier alpha value is -0.570. The molecule has 1 aliphatic carbocycles. The summed E-state index contributed by atoms with van der Waals surface area (Å²) < 4.78 is 0. The Bertz CT molecular complexity index is 278. The fourth-order valence-corrected chi connectivity index (χ4v) is 3.66. The number of hydrogen-bond donors (Lipinski definition) is 1. The molecule has 1 saturated carbocycles. The van der Waals surface area contributed by atoms with Crippen molar-refractivity contribution in [2.24, 2.45) is 17.8 Å². The first-order valence-corrected chi connectivity index (χ1v) is 8.18. The fourth-order valence-electron chi connectivity index (χ4n) is 3.66. The lowest BCUT2D eigenvalue weighted by atomic mass is 9.76. The predicted octanol–water partition coefficient (Wildman–Crippen LogP) is 2.66. The number of hydrogen-bond acceptors (Lipinski definition) is 2. The Morgan fingerprint density at radius 1 is 1.16 bits per heavy atom. The van der Waals surface area contributed by atoms with E-state index >= 15 is 0 Å². The van der Waals surface area contributed by atoms with Crippen molar-refractivity contribution in [1.29, 1.82) is 0 Å². The van der Waals surface area contributed by atoms with Crippen molar-refractivity contribution in [3.8, 4) is 0 Å². The van der Waals surface area contributed by atoms with Crippen LogP contribution in [0.5, 0.6) is 0 Å². The molecule has 19 heavy (non-hydrogen) atoms. The summed E-state index contributed by atoms with van der Waals surface area (Å²) in [6.45, 7) is 8.23. The van der Waals surface area contributed by atoms with E-state index in [1.807, 2.05) is 0 Å². The van der Waals surface area contributed by atoms with Crippen LogP contribution in [-0.2, 0) is 4.79 Å². The van der Waals surface area contributed by atoms with Gasteiger partial charge >= 0.3 is 0 Å². The lowest BCUT2D eigenvalue weighted by Gasteiger charge is -2.36. The first-order chi connectivity index (χ1) is 9.18. The number of carbonyl (C=O) groups is 1. The second kappa shape index (κ2) is 7.28. The minimum atomic E-state index is 0.290. The maximum atomic E-state index is 12.8. The average Bonchev–Trinajstić information content (AvgIpc) is 2.46. The van der Waals surface area contributed by atoms with Crippen LogP contribution in [0.1, 0.15) is 52.4 Å². The van der Waals surface area contributed by atoms with Crippen molar-refractivity contribution in [2.45, 2.75) is 52.4 Å². The van der Waals surface area contributed by atoms with Crippen LogP contribution in [0.25, 0.3) is 0 Å². The smallest absolute Gasteiger partial charge is 0.226 e. The zero-order valence-corrected chi connectivity index (χ0v) is 12.7. The standard InChI is InChI=1S/C16H30N2O/c1-13(2)12-15(14-6-4-3-5-7-14)16(19)18-10-8-17-9-11-18/h13-15,17H,3-12H2,1-2H3/t15-/m0/s1. The molecular weight excluding hydrogens is 236 g/mol. The summed E-state index contributed by atoms with van der Waals surface area (Å²) in [6.07, 6.45) is 7.65. The number of piperazine rings is 1. The molecule has 1 aliphatic heterocycles. The lowest BCUT2D eigenvalue weighted by Crippen LogP contribution is -2.49. The summed E-state index contributed by atoms with van der Waals surface area (Å²) >= 11 is 0. The molecule has 0 aromatic carbocycles. The summed E-state index contributed by atoms with van der Waals surface area (Å²) in [5.74, 6) is 2.01. The number of rotatable bonds is 4. The van der Waals surface area contributed by atoms with Gasteiger partial charge in [-0.2, -0.15) is 0 Å². The first-order valence-electron chi connectivity index (χ1n) is 8.18. The molecule has 0 aromatic rings. The van der Waals surface area contributed by atoms with Crippen LogP contribution in [0, 0.1) is 17.8 Å². The van der Waals surface area contributed by atoms with Gasteiger partial charge in [-0.25, -0.2) is 0 Å². The van der Waals surface area contributed by atoms with Gasteiger partial charge in [0.15, 0.2) is 0 Å². The molecule has 110 valence electrons. The van der Waals surface area contributed by atoms with Crippen molar-refractivity contribution in [3.63, 3.8) is 0 Å². The Kier molecular flexibility index (Phi) is 5.68. The van der Waals surface area contributed by atoms with Gasteiger partial charge in [0, 0.05) is 32.1 Å². The molecule has 1 heterocycles. The summed E-state index contributed by atoms with van der Waals surface area (Å²) in [4.78, 5) is 14.9. The van der Waals surface area contributed by atoms with E-state index in [1.165, 1.54) is 32.1 Å². The highest BCUT2D eigenvalue weighted by Crippen LogP contribution is 2.34. The van der Waals surface area contributed by atoms with Crippen LogP contribution in [0.15, 0.2) is 0 Å². The van der Waals surface area contributed by atoms with Crippen LogP contribution in [0.4, 0.5) is 0 Å². The van der Waals surface area contributed by atoms with Crippen molar-refractivity contribution >= 4 is 5.91 Å². The van der Waals surface area contributed by atoms with Crippen molar-refractivity contribution in [3.05, 3.63) is 0 Å². The summed E-state index contributed by atoms with van der Waals surface area (Å²) in [5, 5.41) is 3.33. The average molecular weight is 266 g/mol. The van der Waals surface area contributed by atoms with Crippen LogP contribution < -0.4 is 5.32 Å². The SMILES string of the molecule is CC(C)C[C@H](C(=O)N1CCNCC1)C1CCCCC1. The molecule has 1 atom stereocenters. The van der Waals surface area contributed by atoms with Crippen LogP contribution >= 0.6 is 0 Å². The minimum absolute atomic E-state index is 0.290. The van der Waals surface area contributed by atoms with E-state index in [2.05, 4.69) is 24.1 Å². The zero-order valence-electron chi connectivity index (χ0n) is 12.7. The van der Waals surface area contributed by atoms with Crippen LogP contribution in [-0.4, -0.2) is 37.0 Å². The molecule has 2 fully saturated rings. The van der Waals surface area contributed by atoms with E-state index in [1.54, 1.807) is 0 Å². The van der Waals surface area contributed by atoms with E-state index in [0.717, 1.165) is 32.6 Å². The van der Waals surface area contributed by atoms with Gasteiger partial charge in [-0.05, 0) is 31.1 Å². The van der Waals surface area contributed by atoms with Crippen molar-refractivity contribution in [2.75, 3.05) is 26.2 Å². The first kappa shape index (κ1) is 14.8. The van der Waals surface area contributed by atoms with Gasteiger partial charge in [0.1, 0.15) is 0 Å². The van der Waals surface area contributed by atoms with E-state index in [0.29, 0.717) is 23.7 Å². The second-order valence-electron chi connectivity index (χ2n) is 6.71. The molecule has 3 heteroatoms. The summed E-state index contributed by atoms with van der Waals surface area (Å²) in [5.41, 5.74) is 0. The third kappa shape index (κ3) is 4.20. The molecule has 0 unspecified atom stereocenters. The summed E-state index contributed by atoms with van der Waals surface area (Å²) in [7, 11) is 0. The molecule has 2 rings (SSSR count). The highest BCUT2D eigenvalue weighted by molar-refractivity contribution is 5.79. The topological polar surface area (TPSA) is 32.3 Å². The monoisotopic (exact) mass is 266 g/mol. The largest absolute Gasteiger partial charge is 0.340 e. The minimum Gasteiger partial charge on any atom is -0.340 e. The number of amides is 1. The highest BCUT2D eigenvalue weighted by Gasteiger charge is 2.33. The van der Waals surface area contributed by atoms with E-state index in [-0.39, 0.29) is 0 Å². The Morgan fingerprint density at radius 3 is 2.37 bits per heavy atom. The summed E-state index contributed by atoms with van der Waals surface area (Å²) in [6, 6.07) is 0. The molecule has 1 N–H and O–H groups in total. The van der Waals surface area contributed by atoms with Gasteiger partial charge < -0.3 is 10.2 Å². The molecule has 2 aliphatic rings. The van der Waals surface area contributed by atoms with Crippen molar-refractivity contribution in [1.82, 2.24) is 10.2 Å². The van der Waals surface area contributed by atoms with Gasteiger partial charge in [-0.15, -0.1) is 0 Å². The number of nitrogens with zero attached hydrogens (tertiary/aromatic N) is 1. The lowest BCUT2D eigenvalue weighted by molar-refractivity contribution is -0.139. The van der Waals surface area contributed by atoms with Gasteiger partial charge in [0.2, 0.25) is 5.91 Å². The maximum absolute atomic E-state index is 12.8. The van der Waals surface area contributed by atoms with Crippen LogP contribution in [0.3, 0.4) is 0 Å². The number of nitrogens with one attached hydrogen (secondary N) is 1. The van der Waals surface area contributed by atoms with Gasteiger partial charge in [-0.3, -0.25) is 4.79 Å². The quantitative estimate of drug-likeness (QED) is 0.848. The Morgan fingerprint density at radius 2 is 1.79 bits per heavy atom. The molecule has 0 bridgehead atoms. The van der Waals surface area contributed by atoms with Gasteiger partial charge in [0.25, 0.3) is 0 Å². The van der Waals surface area contributed by atoms with E-state index < -0.39 is 0 Å². The number of carbonyl (C=O) groups excluding carboxylic acids is 1.